The van der Waals surface area contributed by atoms with Gasteiger partial charge in [-0.05, 0) is 55.8 Å². The van der Waals surface area contributed by atoms with Gasteiger partial charge in [0.2, 0.25) is 10.0 Å². The lowest BCUT2D eigenvalue weighted by Gasteiger charge is -2.36. The Hall–Kier alpha value is -2.57. The van der Waals surface area contributed by atoms with Gasteiger partial charge < -0.3 is 9.30 Å². The van der Waals surface area contributed by atoms with E-state index in [1.807, 2.05) is 68.6 Å². The second-order valence-electron chi connectivity index (χ2n) is 6.96. The standard InChI is InChI=1S/C22H24N2O3S/c1-3-27-19-10-8-18(9-11-19)22-21-5-4-14-23(21)15-16-24(22)28(25,26)20-12-6-17(2)7-13-20/h4-14,22H,3,15-16H2,1-2H3/t22-/m1/s1. The molecule has 1 aromatic heterocycles. The monoisotopic (exact) mass is 396 g/mol. The van der Waals surface area contributed by atoms with Crippen molar-refractivity contribution in [3.63, 3.8) is 0 Å². The number of hydrogen-bond acceptors (Lipinski definition) is 3. The lowest BCUT2D eigenvalue weighted by atomic mass is 10.0. The quantitative estimate of drug-likeness (QED) is 0.655. The predicted molar refractivity (Wildman–Crippen MR) is 109 cm³/mol. The Morgan fingerprint density at radius 3 is 2.39 bits per heavy atom. The third kappa shape index (κ3) is 3.34. The minimum atomic E-state index is -3.63. The van der Waals surface area contributed by atoms with Gasteiger partial charge in [0.05, 0.1) is 17.5 Å². The van der Waals surface area contributed by atoms with Gasteiger partial charge in [0.25, 0.3) is 0 Å². The molecule has 0 radical (unpaired) electrons. The van der Waals surface area contributed by atoms with Crippen molar-refractivity contribution in [2.75, 3.05) is 13.2 Å². The van der Waals surface area contributed by atoms with E-state index in [0.717, 1.165) is 22.6 Å². The molecule has 6 heteroatoms. The third-order valence-corrected chi connectivity index (χ3v) is 7.01. The number of sulfonamides is 1. The molecule has 1 aliphatic rings. The maximum absolute atomic E-state index is 13.5. The Labute approximate surface area is 166 Å². The molecule has 0 unspecified atom stereocenters. The molecule has 1 atom stereocenters. The molecule has 0 amide bonds. The van der Waals surface area contributed by atoms with Gasteiger partial charge in [0, 0.05) is 25.0 Å². The molecule has 28 heavy (non-hydrogen) atoms. The van der Waals surface area contributed by atoms with Crippen LogP contribution >= 0.6 is 0 Å². The van der Waals surface area contributed by atoms with Gasteiger partial charge in [0.1, 0.15) is 5.75 Å². The van der Waals surface area contributed by atoms with E-state index in [2.05, 4.69) is 4.57 Å². The van der Waals surface area contributed by atoms with Gasteiger partial charge in [-0.1, -0.05) is 29.8 Å². The molecule has 3 aromatic rings. The second-order valence-corrected chi connectivity index (χ2v) is 8.85. The van der Waals surface area contributed by atoms with Crippen molar-refractivity contribution in [2.24, 2.45) is 0 Å². The van der Waals surface area contributed by atoms with Crippen LogP contribution in [0.1, 0.15) is 29.8 Å². The van der Waals surface area contributed by atoms with Gasteiger partial charge in [-0.3, -0.25) is 0 Å². The highest BCUT2D eigenvalue weighted by molar-refractivity contribution is 7.89. The highest BCUT2D eigenvalue weighted by atomic mass is 32.2. The average molecular weight is 397 g/mol. The zero-order valence-electron chi connectivity index (χ0n) is 16.1. The first kappa shape index (κ1) is 18.8. The molecule has 146 valence electrons. The maximum Gasteiger partial charge on any atom is 0.244 e. The molecule has 0 saturated carbocycles. The summed E-state index contributed by atoms with van der Waals surface area (Å²) in [6.07, 6.45) is 2.01. The molecular weight excluding hydrogens is 372 g/mol. The normalized spacial score (nSPS) is 17.3. The first-order valence-corrected chi connectivity index (χ1v) is 10.9. The van der Waals surface area contributed by atoms with Crippen LogP contribution in [0.3, 0.4) is 0 Å². The maximum atomic E-state index is 13.5. The molecule has 0 N–H and O–H groups in total. The SMILES string of the molecule is CCOc1ccc([C@@H]2c3cccn3CCN2S(=O)(=O)c2ccc(C)cc2)cc1. The predicted octanol–water partition coefficient (Wildman–Crippen LogP) is 3.99. The highest BCUT2D eigenvalue weighted by Gasteiger charge is 2.37. The van der Waals surface area contributed by atoms with Gasteiger partial charge in [-0.2, -0.15) is 4.31 Å². The molecule has 5 nitrogen and oxygen atoms in total. The summed E-state index contributed by atoms with van der Waals surface area (Å²) in [7, 11) is -3.63. The Balaban J connectivity index is 1.78. The molecule has 2 aromatic carbocycles. The number of rotatable bonds is 5. The molecule has 2 heterocycles. The summed E-state index contributed by atoms with van der Waals surface area (Å²) < 4.78 is 36.2. The van der Waals surface area contributed by atoms with Crippen molar-refractivity contribution in [2.45, 2.75) is 31.3 Å². The van der Waals surface area contributed by atoms with E-state index in [9.17, 15) is 8.42 Å². The van der Waals surface area contributed by atoms with E-state index in [4.69, 9.17) is 4.74 Å². The summed E-state index contributed by atoms with van der Waals surface area (Å²) in [5.74, 6) is 0.783. The minimum Gasteiger partial charge on any atom is -0.494 e. The highest BCUT2D eigenvalue weighted by Crippen LogP contribution is 2.37. The zero-order chi connectivity index (χ0) is 19.7. The summed E-state index contributed by atoms with van der Waals surface area (Å²) in [6, 6.07) is 18.4. The van der Waals surface area contributed by atoms with E-state index < -0.39 is 10.0 Å². The molecule has 1 aliphatic heterocycles. The molecular formula is C22H24N2O3S. The van der Waals surface area contributed by atoms with Crippen LogP contribution in [0.2, 0.25) is 0 Å². The zero-order valence-corrected chi connectivity index (χ0v) is 16.9. The lowest BCUT2D eigenvalue weighted by molar-refractivity contribution is 0.298. The van der Waals surface area contributed by atoms with Crippen LogP contribution in [0, 0.1) is 6.92 Å². The Morgan fingerprint density at radius 2 is 1.71 bits per heavy atom. The van der Waals surface area contributed by atoms with Crippen molar-refractivity contribution in [1.82, 2.24) is 8.87 Å². The minimum absolute atomic E-state index is 0.328. The van der Waals surface area contributed by atoms with Gasteiger partial charge in [-0.15, -0.1) is 0 Å². The van der Waals surface area contributed by atoms with Crippen LogP contribution in [-0.2, 0) is 16.6 Å². The topological polar surface area (TPSA) is 51.5 Å². The molecule has 0 saturated heterocycles. The Morgan fingerprint density at radius 1 is 1.00 bits per heavy atom. The van der Waals surface area contributed by atoms with Crippen molar-refractivity contribution in [3.8, 4) is 5.75 Å². The fourth-order valence-corrected chi connectivity index (χ4v) is 5.30. The summed E-state index contributed by atoms with van der Waals surface area (Å²) in [5.41, 5.74) is 2.94. The number of ether oxygens (including phenoxy) is 1. The van der Waals surface area contributed by atoms with Crippen molar-refractivity contribution in [3.05, 3.63) is 83.7 Å². The Bertz CT molecular complexity index is 1050. The number of hydrogen-bond donors (Lipinski definition) is 0. The van der Waals surface area contributed by atoms with E-state index in [1.54, 1.807) is 16.4 Å². The van der Waals surface area contributed by atoms with Crippen LogP contribution in [0.25, 0.3) is 0 Å². The number of fused-ring (bicyclic) bond motifs is 1. The summed E-state index contributed by atoms with van der Waals surface area (Å²) in [6.45, 7) is 5.56. The second kappa shape index (κ2) is 7.45. The van der Waals surface area contributed by atoms with Crippen molar-refractivity contribution >= 4 is 10.0 Å². The van der Waals surface area contributed by atoms with Crippen LogP contribution < -0.4 is 4.74 Å². The molecule has 0 bridgehead atoms. The number of aryl methyl sites for hydroxylation is 1. The summed E-state index contributed by atoms with van der Waals surface area (Å²) >= 11 is 0. The van der Waals surface area contributed by atoms with Crippen LogP contribution in [0.15, 0.2) is 71.8 Å². The molecule has 0 aliphatic carbocycles. The molecule has 0 spiro atoms. The largest absolute Gasteiger partial charge is 0.494 e. The summed E-state index contributed by atoms with van der Waals surface area (Å²) in [5, 5.41) is 0. The van der Waals surface area contributed by atoms with E-state index in [0.29, 0.717) is 24.6 Å². The van der Waals surface area contributed by atoms with Crippen LogP contribution in [0.4, 0.5) is 0 Å². The Kier molecular flexibility index (Phi) is 5.00. The van der Waals surface area contributed by atoms with E-state index in [1.165, 1.54) is 0 Å². The van der Waals surface area contributed by atoms with Gasteiger partial charge in [0.15, 0.2) is 0 Å². The number of nitrogens with zero attached hydrogens (tertiary/aromatic N) is 2. The van der Waals surface area contributed by atoms with Crippen LogP contribution in [-0.4, -0.2) is 30.4 Å². The number of benzene rings is 2. The third-order valence-electron chi connectivity index (χ3n) is 5.13. The fourth-order valence-electron chi connectivity index (χ4n) is 3.72. The molecule has 4 rings (SSSR count). The smallest absolute Gasteiger partial charge is 0.244 e. The summed E-state index contributed by atoms with van der Waals surface area (Å²) in [4.78, 5) is 0.328. The average Bonchev–Trinajstić information content (AvgIpc) is 3.17. The fraction of sp³-hybridized carbons (Fsp3) is 0.273. The number of aromatic nitrogens is 1. The molecule has 0 fully saturated rings. The van der Waals surface area contributed by atoms with Crippen molar-refractivity contribution in [1.29, 1.82) is 0 Å². The van der Waals surface area contributed by atoms with E-state index >= 15 is 0 Å². The van der Waals surface area contributed by atoms with Crippen LogP contribution in [0.5, 0.6) is 5.75 Å². The van der Waals surface area contributed by atoms with E-state index in [-0.39, 0.29) is 6.04 Å². The van der Waals surface area contributed by atoms with Crippen molar-refractivity contribution < 1.29 is 13.2 Å². The lowest BCUT2D eigenvalue weighted by Crippen LogP contribution is -2.42. The first-order chi connectivity index (χ1) is 13.5. The first-order valence-electron chi connectivity index (χ1n) is 9.47. The van der Waals surface area contributed by atoms with Gasteiger partial charge >= 0.3 is 0 Å². The van der Waals surface area contributed by atoms with Gasteiger partial charge in [-0.25, -0.2) is 8.42 Å².